The van der Waals surface area contributed by atoms with Crippen molar-refractivity contribution in [3.63, 3.8) is 0 Å². The maximum atomic E-state index is 12.7. The topological polar surface area (TPSA) is 94.5 Å². The number of benzene rings is 1. The number of piperidine rings is 1. The first-order valence-electron chi connectivity index (χ1n) is 9.71. The fourth-order valence-electron chi connectivity index (χ4n) is 3.50. The summed E-state index contributed by atoms with van der Waals surface area (Å²) in [5, 5.41) is 6.81. The number of nitrogens with zero attached hydrogens (tertiary/aromatic N) is 2. The van der Waals surface area contributed by atoms with E-state index in [-0.39, 0.29) is 11.5 Å². The molecule has 0 spiro atoms. The van der Waals surface area contributed by atoms with E-state index >= 15 is 0 Å². The number of carbonyl (C=O) groups is 1. The minimum absolute atomic E-state index is 0.0266. The summed E-state index contributed by atoms with van der Waals surface area (Å²) in [5.41, 5.74) is 0.400. The van der Waals surface area contributed by atoms with Crippen molar-refractivity contribution in [2.75, 3.05) is 33.9 Å². The molecule has 152 valence electrons. The Labute approximate surface area is 164 Å². The first kappa shape index (κ1) is 20.1. The average molecular weight is 388 g/mol. The summed E-state index contributed by atoms with van der Waals surface area (Å²) in [6.07, 6.45) is 4.79. The van der Waals surface area contributed by atoms with Crippen LogP contribution in [-0.2, 0) is 11.3 Å². The van der Waals surface area contributed by atoms with Gasteiger partial charge in [-0.05, 0) is 44.3 Å². The average Bonchev–Trinajstić information content (AvgIpc) is 2.73. The molecule has 2 N–H and O–H groups in total. The van der Waals surface area contributed by atoms with E-state index in [1.54, 1.807) is 19.2 Å². The lowest BCUT2D eigenvalue weighted by Gasteiger charge is -2.22. The minimum atomic E-state index is -0.153. The summed E-state index contributed by atoms with van der Waals surface area (Å²) < 4.78 is 12.1. The minimum Gasteiger partial charge on any atom is -0.493 e. The van der Waals surface area contributed by atoms with E-state index in [1.165, 1.54) is 18.0 Å². The molecule has 0 saturated carbocycles. The van der Waals surface area contributed by atoms with E-state index in [2.05, 4.69) is 15.6 Å². The van der Waals surface area contributed by atoms with E-state index in [4.69, 9.17) is 9.47 Å². The summed E-state index contributed by atoms with van der Waals surface area (Å²) in [6, 6.07) is 3.33. The number of rotatable bonds is 8. The van der Waals surface area contributed by atoms with Crippen LogP contribution in [0.2, 0.25) is 0 Å². The van der Waals surface area contributed by atoms with Crippen molar-refractivity contribution in [1.29, 1.82) is 0 Å². The molecule has 1 unspecified atom stereocenters. The van der Waals surface area contributed by atoms with E-state index in [1.807, 2.05) is 0 Å². The van der Waals surface area contributed by atoms with E-state index in [0.29, 0.717) is 54.3 Å². The Morgan fingerprint density at radius 3 is 2.82 bits per heavy atom. The van der Waals surface area contributed by atoms with Gasteiger partial charge in [0, 0.05) is 25.6 Å². The number of nitrogens with one attached hydrogen (secondary N) is 2. The highest BCUT2D eigenvalue weighted by molar-refractivity contribution is 5.81. The van der Waals surface area contributed by atoms with Crippen molar-refractivity contribution in [2.24, 2.45) is 5.92 Å². The zero-order valence-corrected chi connectivity index (χ0v) is 16.5. The third-order valence-corrected chi connectivity index (χ3v) is 5.12. The molecule has 3 rings (SSSR count). The van der Waals surface area contributed by atoms with Gasteiger partial charge in [0.2, 0.25) is 5.91 Å². The highest BCUT2D eigenvalue weighted by Gasteiger charge is 2.14. The van der Waals surface area contributed by atoms with Crippen molar-refractivity contribution >= 4 is 16.8 Å². The van der Waals surface area contributed by atoms with E-state index < -0.39 is 0 Å². The van der Waals surface area contributed by atoms with Gasteiger partial charge in [-0.2, -0.15) is 0 Å². The number of methoxy groups -OCH3 is 2. The molecule has 0 aliphatic carbocycles. The van der Waals surface area contributed by atoms with Crippen molar-refractivity contribution in [1.82, 2.24) is 20.2 Å². The van der Waals surface area contributed by atoms with Crippen LogP contribution in [0.15, 0.2) is 23.3 Å². The lowest BCUT2D eigenvalue weighted by atomic mass is 10.00. The summed E-state index contributed by atoms with van der Waals surface area (Å²) >= 11 is 0. The van der Waals surface area contributed by atoms with Gasteiger partial charge in [0.25, 0.3) is 5.56 Å². The summed E-state index contributed by atoms with van der Waals surface area (Å²) in [5.74, 6) is 1.56. The van der Waals surface area contributed by atoms with Gasteiger partial charge in [-0.15, -0.1) is 0 Å². The van der Waals surface area contributed by atoms with Gasteiger partial charge in [-0.25, -0.2) is 4.98 Å². The first-order chi connectivity index (χ1) is 13.6. The van der Waals surface area contributed by atoms with Crippen LogP contribution in [0.25, 0.3) is 10.9 Å². The van der Waals surface area contributed by atoms with E-state index in [0.717, 1.165) is 25.9 Å². The lowest BCUT2D eigenvalue weighted by Crippen LogP contribution is -2.38. The predicted molar refractivity (Wildman–Crippen MR) is 107 cm³/mol. The van der Waals surface area contributed by atoms with Gasteiger partial charge >= 0.3 is 0 Å². The summed E-state index contributed by atoms with van der Waals surface area (Å²) in [6.45, 7) is 3.18. The molecule has 1 amide bonds. The highest BCUT2D eigenvalue weighted by atomic mass is 16.5. The molecule has 1 aromatic carbocycles. The van der Waals surface area contributed by atoms with Gasteiger partial charge in [-0.3, -0.25) is 14.2 Å². The van der Waals surface area contributed by atoms with Crippen molar-refractivity contribution in [3.05, 3.63) is 28.8 Å². The predicted octanol–water partition coefficient (Wildman–Crippen LogP) is 1.31. The van der Waals surface area contributed by atoms with Gasteiger partial charge in [0.15, 0.2) is 11.5 Å². The summed E-state index contributed by atoms with van der Waals surface area (Å²) in [4.78, 5) is 29.1. The monoisotopic (exact) mass is 388 g/mol. The fourth-order valence-corrected chi connectivity index (χ4v) is 3.50. The number of ether oxygens (including phenoxy) is 2. The van der Waals surface area contributed by atoms with Crippen LogP contribution in [0.1, 0.15) is 25.7 Å². The van der Waals surface area contributed by atoms with Gasteiger partial charge in [0.05, 0.1) is 31.4 Å². The molecule has 2 aromatic rings. The second-order valence-electron chi connectivity index (χ2n) is 7.09. The Hall–Kier alpha value is -2.61. The molecule has 0 bridgehead atoms. The molecule has 2 heterocycles. The SMILES string of the molecule is COc1cc2ncn(CCCC(=O)NCC3CCCNC3)c(=O)c2cc1OC. The number of aryl methyl sites for hydroxylation is 1. The van der Waals surface area contributed by atoms with Crippen LogP contribution in [0.4, 0.5) is 0 Å². The maximum absolute atomic E-state index is 12.7. The first-order valence-corrected chi connectivity index (χ1v) is 9.71. The number of amides is 1. The molecule has 8 heteroatoms. The number of hydrogen-bond donors (Lipinski definition) is 2. The number of fused-ring (bicyclic) bond motifs is 1. The van der Waals surface area contributed by atoms with Crippen molar-refractivity contribution in [3.8, 4) is 11.5 Å². The van der Waals surface area contributed by atoms with Crippen LogP contribution < -0.4 is 25.7 Å². The molecule has 1 aliphatic heterocycles. The molecule has 1 fully saturated rings. The molecule has 0 radical (unpaired) electrons. The highest BCUT2D eigenvalue weighted by Crippen LogP contribution is 2.29. The zero-order valence-electron chi connectivity index (χ0n) is 16.5. The number of hydrogen-bond acceptors (Lipinski definition) is 6. The molecular formula is C20H28N4O4. The normalized spacial score (nSPS) is 16.7. The van der Waals surface area contributed by atoms with Crippen LogP contribution in [0.3, 0.4) is 0 Å². The third-order valence-electron chi connectivity index (χ3n) is 5.12. The molecule has 1 saturated heterocycles. The zero-order chi connectivity index (χ0) is 19.9. The molecule has 1 aromatic heterocycles. The van der Waals surface area contributed by atoms with Crippen LogP contribution in [0, 0.1) is 5.92 Å². The van der Waals surface area contributed by atoms with Gasteiger partial charge in [0.1, 0.15) is 0 Å². The van der Waals surface area contributed by atoms with Gasteiger partial charge < -0.3 is 20.1 Å². The smallest absolute Gasteiger partial charge is 0.261 e. The molecule has 1 atom stereocenters. The second kappa shape index (κ2) is 9.54. The standard InChI is InChI=1S/C20H28N4O4/c1-27-17-9-15-16(10-18(17)28-2)23-13-24(20(15)26)8-4-6-19(25)22-12-14-5-3-7-21-11-14/h9-10,13-14,21H,3-8,11-12H2,1-2H3,(H,22,25). The Morgan fingerprint density at radius 2 is 2.11 bits per heavy atom. The Morgan fingerprint density at radius 1 is 1.32 bits per heavy atom. The van der Waals surface area contributed by atoms with Crippen LogP contribution in [-0.4, -0.2) is 49.3 Å². The Bertz CT molecular complexity index is 874. The largest absolute Gasteiger partial charge is 0.493 e. The number of carbonyl (C=O) groups excluding carboxylic acids is 1. The molecule has 1 aliphatic rings. The second-order valence-corrected chi connectivity index (χ2v) is 7.09. The molecular weight excluding hydrogens is 360 g/mol. The third kappa shape index (κ3) is 4.81. The maximum Gasteiger partial charge on any atom is 0.261 e. The summed E-state index contributed by atoms with van der Waals surface area (Å²) in [7, 11) is 3.07. The fraction of sp³-hybridized carbons (Fsp3) is 0.550. The molecule has 28 heavy (non-hydrogen) atoms. The van der Waals surface area contributed by atoms with Crippen LogP contribution in [0.5, 0.6) is 11.5 Å². The number of aromatic nitrogens is 2. The van der Waals surface area contributed by atoms with Crippen molar-refractivity contribution in [2.45, 2.75) is 32.2 Å². The lowest BCUT2D eigenvalue weighted by molar-refractivity contribution is -0.121. The quantitative estimate of drug-likeness (QED) is 0.708. The van der Waals surface area contributed by atoms with E-state index in [9.17, 15) is 9.59 Å². The Balaban J connectivity index is 1.57. The molecule has 8 nitrogen and oxygen atoms in total. The van der Waals surface area contributed by atoms with Gasteiger partial charge in [-0.1, -0.05) is 0 Å². The van der Waals surface area contributed by atoms with Crippen LogP contribution >= 0.6 is 0 Å². The Kier molecular flexibility index (Phi) is 6.86. The van der Waals surface area contributed by atoms with Crippen molar-refractivity contribution < 1.29 is 14.3 Å².